The van der Waals surface area contributed by atoms with Crippen LogP contribution in [0.1, 0.15) is 0 Å². The van der Waals surface area contributed by atoms with E-state index in [1.54, 1.807) is 22.7 Å². The van der Waals surface area contributed by atoms with Gasteiger partial charge in [0.2, 0.25) is 0 Å². The van der Waals surface area contributed by atoms with Gasteiger partial charge in [-0.25, -0.2) is 4.98 Å². The third kappa shape index (κ3) is 1.27. The second-order valence-corrected chi connectivity index (χ2v) is 6.17. The summed E-state index contributed by atoms with van der Waals surface area (Å²) in [4.78, 5) is 5.62. The molecule has 2 aromatic heterocycles. The van der Waals surface area contributed by atoms with Gasteiger partial charge in [0, 0.05) is 5.39 Å². The van der Waals surface area contributed by atoms with Crippen LogP contribution in [0.3, 0.4) is 0 Å². The van der Waals surface area contributed by atoms with Crippen molar-refractivity contribution in [3.63, 3.8) is 0 Å². The van der Waals surface area contributed by atoms with Crippen molar-refractivity contribution in [2.75, 3.05) is 0 Å². The van der Waals surface area contributed by atoms with Crippen molar-refractivity contribution in [2.24, 2.45) is 0 Å². The molecule has 0 saturated carbocycles. The Morgan fingerprint density at radius 1 is 1.14 bits per heavy atom. The standard InChI is InChI=1S/C10H5NS3/c12-10-13-8-5-6-3-1-2-4-7(6)11-9(8)14-10/h1-5H. The smallest absolute Gasteiger partial charge is 0.146 e. The molecule has 1 nitrogen and oxygen atoms in total. The van der Waals surface area contributed by atoms with Crippen LogP contribution >= 0.6 is 34.9 Å². The molecule has 0 saturated heterocycles. The average molecular weight is 235 g/mol. The van der Waals surface area contributed by atoms with E-state index in [1.165, 1.54) is 10.1 Å². The van der Waals surface area contributed by atoms with Crippen LogP contribution < -0.4 is 0 Å². The number of aromatic nitrogens is 1. The molecular formula is C10H5NS3. The fourth-order valence-corrected chi connectivity index (χ4v) is 3.80. The Balaban J connectivity index is 2.57. The van der Waals surface area contributed by atoms with E-state index in [-0.39, 0.29) is 0 Å². The molecule has 0 N–H and O–H groups in total. The maximum atomic E-state index is 5.15. The van der Waals surface area contributed by atoms with E-state index in [0.29, 0.717) is 0 Å². The van der Waals surface area contributed by atoms with Crippen LogP contribution in [0.4, 0.5) is 0 Å². The monoisotopic (exact) mass is 235 g/mol. The summed E-state index contributed by atoms with van der Waals surface area (Å²) in [5.74, 6) is 0. The van der Waals surface area contributed by atoms with Crippen molar-refractivity contribution in [3.8, 4) is 0 Å². The van der Waals surface area contributed by atoms with Gasteiger partial charge in [-0.05, 0) is 12.1 Å². The molecule has 2 heterocycles. The highest BCUT2D eigenvalue weighted by molar-refractivity contribution is 7.77. The fraction of sp³-hybridized carbons (Fsp3) is 0. The Morgan fingerprint density at radius 2 is 2.00 bits per heavy atom. The van der Waals surface area contributed by atoms with Crippen molar-refractivity contribution >= 4 is 55.3 Å². The number of fused-ring (bicyclic) bond motifs is 2. The SMILES string of the molecule is S=c1sc2cc3ccccc3nc2s1. The first-order valence-corrected chi connectivity index (χ1v) is 6.16. The van der Waals surface area contributed by atoms with Gasteiger partial charge >= 0.3 is 0 Å². The van der Waals surface area contributed by atoms with Gasteiger partial charge < -0.3 is 0 Å². The Labute approximate surface area is 93.7 Å². The molecule has 1 aromatic carbocycles. The summed E-state index contributed by atoms with van der Waals surface area (Å²) >= 11 is 8.38. The van der Waals surface area contributed by atoms with Crippen LogP contribution in [0.2, 0.25) is 0 Å². The van der Waals surface area contributed by atoms with E-state index in [4.69, 9.17) is 12.2 Å². The van der Waals surface area contributed by atoms with E-state index in [2.05, 4.69) is 17.1 Å². The van der Waals surface area contributed by atoms with Gasteiger partial charge in [0.25, 0.3) is 0 Å². The first kappa shape index (κ1) is 8.47. The van der Waals surface area contributed by atoms with Crippen molar-refractivity contribution < 1.29 is 0 Å². The van der Waals surface area contributed by atoms with Crippen LogP contribution in [-0.2, 0) is 0 Å². The lowest BCUT2D eigenvalue weighted by atomic mass is 10.2. The molecule has 4 heteroatoms. The van der Waals surface area contributed by atoms with Crippen molar-refractivity contribution in [3.05, 3.63) is 33.5 Å². The molecule has 0 aliphatic carbocycles. The highest BCUT2D eigenvalue weighted by atomic mass is 32.2. The summed E-state index contributed by atoms with van der Waals surface area (Å²) in [5, 5.41) is 1.18. The molecule has 0 atom stereocenters. The summed E-state index contributed by atoms with van der Waals surface area (Å²) in [6.45, 7) is 0. The summed E-state index contributed by atoms with van der Waals surface area (Å²) in [6.07, 6.45) is 0. The van der Waals surface area contributed by atoms with E-state index in [0.717, 1.165) is 13.5 Å². The lowest BCUT2D eigenvalue weighted by molar-refractivity contribution is 1.54. The summed E-state index contributed by atoms with van der Waals surface area (Å²) in [6, 6.07) is 10.3. The maximum Gasteiger partial charge on any atom is 0.146 e. The van der Waals surface area contributed by atoms with Crippen LogP contribution in [-0.4, -0.2) is 4.98 Å². The van der Waals surface area contributed by atoms with Crippen LogP contribution in [0.5, 0.6) is 0 Å². The number of benzene rings is 1. The molecule has 0 unspecified atom stereocenters. The Bertz CT molecular complexity index is 610. The molecule has 68 valence electrons. The summed E-state index contributed by atoms with van der Waals surface area (Å²) < 4.78 is 2.14. The summed E-state index contributed by atoms with van der Waals surface area (Å²) in [5.41, 5.74) is 1.05. The van der Waals surface area contributed by atoms with Crippen LogP contribution in [0, 0.1) is 3.14 Å². The number of para-hydroxylation sites is 1. The predicted octanol–water partition coefficient (Wildman–Crippen LogP) is 4.24. The number of hydrogen-bond acceptors (Lipinski definition) is 4. The second kappa shape index (κ2) is 3.08. The van der Waals surface area contributed by atoms with Gasteiger partial charge in [0.15, 0.2) is 0 Å². The fourth-order valence-electron chi connectivity index (χ4n) is 1.41. The van der Waals surface area contributed by atoms with E-state index < -0.39 is 0 Å². The molecule has 3 aromatic rings. The zero-order chi connectivity index (χ0) is 9.54. The average Bonchev–Trinajstić information content (AvgIpc) is 2.53. The minimum atomic E-state index is 0.947. The Hall–Kier alpha value is -0.840. The topological polar surface area (TPSA) is 12.9 Å². The predicted molar refractivity (Wildman–Crippen MR) is 65.8 cm³/mol. The van der Waals surface area contributed by atoms with Crippen molar-refractivity contribution in [1.29, 1.82) is 0 Å². The van der Waals surface area contributed by atoms with Crippen molar-refractivity contribution in [2.45, 2.75) is 0 Å². The molecular weight excluding hydrogens is 230 g/mol. The molecule has 0 fully saturated rings. The molecule has 3 rings (SSSR count). The van der Waals surface area contributed by atoms with E-state index >= 15 is 0 Å². The molecule has 0 aliphatic rings. The summed E-state index contributed by atoms with van der Waals surface area (Å²) in [7, 11) is 0. The minimum absolute atomic E-state index is 0.947. The zero-order valence-electron chi connectivity index (χ0n) is 7.06. The molecule has 0 spiro atoms. The molecule has 0 bridgehead atoms. The lowest BCUT2D eigenvalue weighted by Crippen LogP contribution is -1.75. The second-order valence-electron chi connectivity index (χ2n) is 2.94. The largest absolute Gasteiger partial charge is 0.236 e. The molecule has 0 amide bonds. The first-order valence-electron chi connectivity index (χ1n) is 4.12. The maximum absolute atomic E-state index is 5.15. The highest BCUT2D eigenvalue weighted by Crippen LogP contribution is 2.29. The van der Waals surface area contributed by atoms with E-state index in [9.17, 15) is 0 Å². The van der Waals surface area contributed by atoms with Gasteiger partial charge in [-0.2, -0.15) is 0 Å². The van der Waals surface area contributed by atoms with Gasteiger partial charge in [-0.3, -0.25) is 0 Å². The molecule has 0 radical (unpaired) electrons. The number of rotatable bonds is 0. The Kier molecular flexibility index (Phi) is 1.87. The van der Waals surface area contributed by atoms with Gasteiger partial charge in [0.05, 0.1) is 10.2 Å². The first-order chi connectivity index (χ1) is 6.83. The van der Waals surface area contributed by atoms with Crippen LogP contribution in [0.25, 0.3) is 20.4 Å². The molecule has 14 heavy (non-hydrogen) atoms. The third-order valence-electron chi connectivity index (χ3n) is 2.03. The lowest BCUT2D eigenvalue weighted by Gasteiger charge is -1.94. The van der Waals surface area contributed by atoms with Gasteiger partial charge in [-0.15, -0.1) is 11.3 Å². The number of hydrogen-bond donors (Lipinski definition) is 0. The zero-order valence-corrected chi connectivity index (χ0v) is 9.51. The van der Waals surface area contributed by atoms with Crippen molar-refractivity contribution in [1.82, 2.24) is 4.98 Å². The minimum Gasteiger partial charge on any atom is -0.236 e. The van der Waals surface area contributed by atoms with Gasteiger partial charge in [0.1, 0.15) is 7.97 Å². The number of pyridine rings is 1. The highest BCUT2D eigenvalue weighted by Gasteiger charge is 2.01. The molecule has 0 aliphatic heterocycles. The third-order valence-corrected chi connectivity index (χ3v) is 4.53. The van der Waals surface area contributed by atoms with Crippen LogP contribution in [0.15, 0.2) is 30.3 Å². The Morgan fingerprint density at radius 3 is 2.93 bits per heavy atom. The number of nitrogens with zero attached hydrogens (tertiary/aromatic N) is 1. The van der Waals surface area contributed by atoms with E-state index in [1.807, 2.05) is 18.2 Å². The normalized spacial score (nSPS) is 11.1. The quantitative estimate of drug-likeness (QED) is 0.540. The van der Waals surface area contributed by atoms with Gasteiger partial charge in [-0.1, -0.05) is 41.8 Å².